The predicted molar refractivity (Wildman–Crippen MR) is 56.1 cm³/mol. The van der Waals surface area contributed by atoms with E-state index in [1.54, 1.807) is 18.6 Å². The number of likely N-dealkylation sites (tertiary alicyclic amines) is 1. The highest BCUT2D eigenvalue weighted by molar-refractivity contribution is 5.30. The molecule has 1 aromatic heterocycles. The first-order valence-corrected chi connectivity index (χ1v) is 4.95. The largest absolute Gasteiger partial charge is 0.306 e. The highest BCUT2D eigenvalue weighted by atomic mass is 15.1. The Morgan fingerprint density at radius 2 is 2.27 bits per heavy atom. The number of rotatable bonds is 2. The summed E-state index contributed by atoms with van der Waals surface area (Å²) in [6.45, 7) is 2.19. The van der Waals surface area contributed by atoms with E-state index in [9.17, 15) is 0 Å². The van der Waals surface area contributed by atoms with E-state index in [0.717, 1.165) is 25.1 Å². The van der Waals surface area contributed by atoms with Gasteiger partial charge in [0, 0.05) is 24.9 Å². The molecule has 5 heteroatoms. The molecule has 1 aliphatic rings. The summed E-state index contributed by atoms with van der Waals surface area (Å²) in [5.74, 6) is 0.902. The van der Waals surface area contributed by atoms with E-state index in [1.807, 2.05) is 0 Å². The van der Waals surface area contributed by atoms with Crippen molar-refractivity contribution >= 4 is 5.95 Å². The Balaban J connectivity index is 2.07. The fraction of sp³-hybridized carbons (Fsp3) is 0.500. The van der Waals surface area contributed by atoms with Gasteiger partial charge in [0.2, 0.25) is 5.95 Å². The van der Waals surface area contributed by atoms with Crippen molar-refractivity contribution < 1.29 is 0 Å². The van der Waals surface area contributed by atoms with Gasteiger partial charge in [0.25, 0.3) is 0 Å². The summed E-state index contributed by atoms with van der Waals surface area (Å²) in [5.41, 5.74) is 1.16. The standard InChI is InChI=1S/C10H13N5/c1-15-3-2-8(6-15)9-4-12-10(13-5-9)14-7-11/h4-5,8H,2-3,6H2,1H3,(H,12,13,14). The number of hydrogen-bond acceptors (Lipinski definition) is 5. The Bertz CT molecular complexity index is 366. The second-order valence-corrected chi connectivity index (χ2v) is 3.82. The topological polar surface area (TPSA) is 64.8 Å². The van der Waals surface area contributed by atoms with Crippen LogP contribution < -0.4 is 5.32 Å². The average Bonchev–Trinajstić information content (AvgIpc) is 2.67. The molecular weight excluding hydrogens is 190 g/mol. The summed E-state index contributed by atoms with van der Waals surface area (Å²) in [5, 5.41) is 10.8. The minimum absolute atomic E-state index is 0.368. The van der Waals surface area contributed by atoms with E-state index in [-0.39, 0.29) is 0 Å². The Morgan fingerprint density at radius 3 is 2.80 bits per heavy atom. The minimum atomic E-state index is 0.368. The van der Waals surface area contributed by atoms with Crippen molar-refractivity contribution in [2.24, 2.45) is 0 Å². The van der Waals surface area contributed by atoms with Crippen LogP contribution in [-0.4, -0.2) is 35.0 Å². The lowest BCUT2D eigenvalue weighted by Crippen LogP contribution is -2.13. The molecule has 1 aliphatic heterocycles. The van der Waals surface area contributed by atoms with Crippen molar-refractivity contribution in [1.29, 1.82) is 5.26 Å². The van der Waals surface area contributed by atoms with E-state index < -0.39 is 0 Å². The third-order valence-electron chi connectivity index (χ3n) is 2.70. The number of nitrogens with zero attached hydrogens (tertiary/aromatic N) is 4. The van der Waals surface area contributed by atoms with Crippen LogP contribution in [0.5, 0.6) is 0 Å². The van der Waals surface area contributed by atoms with Crippen LogP contribution in [0.25, 0.3) is 0 Å². The fourth-order valence-electron chi connectivity index (χ4n) is 1.87. The van der Waals surface area contributed by atoms with Crippen LogP contribution in [0.1, 0.15) is 17.9 Å². The van der Waals surface area contributed by atoms with Gasteiger partial charge < -0.3 is 4.90 Å². The molecule has 0 saturated carbocycles. The molecule has 0 radical (unpaired) electrons. The van der Waals surface area contributed by atoms with E-state index in [1.165, 1.54) is 0 Å². The van der Waals surface area contributed by atoms with Gasteiger partial charge in [-0.3, -0.25) is 5.32 Å². The Morgan fingerprint density at radius 1 is 1.53 bits per heavy atom. The molecule has 1 saturated heterocycles. The maximum Gasteiger partial charge on any atom is 0.236 e. The van der Waals surface area contributed by atoms with E-state index in [4.69, 9.17) is 5.26 Å². The molecule has 0 aromatic carbocycles. The molecule has 0 spiro atoms. The quantitative estimate of drug-likeness (QED) is 0.568. The first kappa shape index (κ1) is 9.87. The monoisotopic (exact) mass is 203 g/mol. The number of hydrogen-bond donors (Lipinski definition) is 1. The van der Waals surface area contributed by atoms with Crippen molar-refractivity contribution in [2.75, 3.05) is 25.5 Å². The molecule has 5 nitrogen and oxygen atoms in total. The summed E-state index contributed by atoms with van der Waals surface area (Å²) >= 11 is 0. The molecule has 0 aliphatic carbocycles. The SMILES string of the molecule is CN1CCC(c2cnc(NC#N)nc2)C1. The molecule has 0 bridgehead atoms. The van der Waals surface area contributed by atoms with Gasteiger partial charge in [0.15, 0.2) is 6.19 Å². The first-order chi connectivity index (χ1) is 7.29. The third kappa shape index (κ3) is 2.22. The predicted octanol–water partition coefficient (Wildman–Crippen LogP) is 0.789. The lowest BCUT2D eigenvalue weighted by Gasteiger charge is -2.09. The fourth-order valence-corrected chi connectivity index (χ4v) is 1.87. The van der Waals surface area contributed by atoms with Gasteiger partial charge in [-0.15, -0.1) is 0 Å². The van der Waals surface area contributed by atoms with Crippen molar-refractivity contribution in [1.82, 2.24) is 14.9 Å². The minimum Gasteiger partial charge on any atom is -0.306 e. The average molecular weight is 203 g/mol. The second-order valence-electron chi connectivity index (χ2n) is 3.82. The zero-order chi connectivity index (χ0) is 10.7. The molecule has 1 atom stereocenters. The highest BCUT2D eigenvalue weighted by Gasteiger charge is 2.21. The van der Waals surface area contributed by atoms with Gasteiger partial charge in [-0.25, -0.2) is 9.97 Å². The normalized spacial score (nSPS) is 21.2. The molecule has 1 fully saturated rings. The molecular formula is C10H13N5. The van der Waals surface area contributed by atoms with E-state index in [2.05, 4.69) is 27.2 Å². The van der Waals surface area contributed by atoms with Gasteiger partial charge in [-0.05, 0) is 25.6 Å². The van der Waals surface area contributed by atoms with Crippen LogP contribution in [0.4, 0.5) is 5.95 Å². The summed E-state index contributed by atoms with van der Waals surface area (Å²) in [6.07, 6.45) is 6.56. The Hall–Kier alpha value is -1.67. The van der Waals surface area contributed by atoms with E-state index >= 15 is 0 Å². The van der Waals surface area contributed by atoms with Crippen LogP contribution in [0.15, 0.2) is 12.4 Å². The van der Waals surface area contributed by atoms with Crippen LogP contribution >= 0.6 is 0 Å². The number of likely N-dealkylation sites (N-methyl/N-ethyl adjacent to an activating group) is 1. The molecule has 78 valence electrons. The molecule has 1 unspecified atom stereocenters. The van der Waals surface area contributed by atoms with Gasteiger partial charge in [0.1, 0.15) is 0 Å². The summed E-state index contributed by atoms with van der Waals surface area (Å²) in [4.78, 5) is 10.4. The molecule has 1 N–H and O–H groups in total. The molecule has 2 heterocycles. The number of nitrogens with one attached hydrogen (secondary N) is 1. The summed E-state index contributed by atoms with van der Waals surface area (Å²) in [7, 11) is 2.12. The number of aromatic nitrogens is 2. The van der Waals surface area contributed by atoms with Crippen molar-refractivity contribution in [3.63, 3.8) is 0 Å². The van der Waals surface area contributed by atoms with Gasteiger partial charge in [-0.1, -0.05) is 0 Å². The smallest absolute Gasteiger partial charge is 0.236 e. The zero-order valence-electron chi connectivity index (χ0n) is 8.64. The molecule has 2 rings (SSSR count). The summed E-state index contributed by atoms with van der Waals surface area (Å²) in [6, 6.07) is 0. The van der Waals surface area contributed by atoms with Gasteiger partial charge >= 0.3 is 0 Å². The maximum absolute atomic E-state index is 8.39. The van der Waals surface area contributed by atoms with Crippen molar-refractivity contribution in [3.8, 4) is 6.19 Å². The summed E-state index contributed by atoms with van der Waals surface area (Å²) < 4.78 is 0. The first-order valence-electron chi connectivity index (χ1n) is 4.95. The van der Waals surface area contributed by atoms with Gasteiger partial charge in [-0.2, -0.15) is 5.26 Å². The molecule has 1 aromatic rings. The van der Waals surface area contributed by atoms with Crippen LogP contribution in [-0.2, 0) is 0 Å². The maximum atomic E-state index is 8.39. The lowest BCUT2D eigenvalue weighted by molar-refractivity contribution is 0.411. The van der Waals surface area contributed by atoms with Crippen LogP contribution in [0, 0.1) is 11.5 Å². The second kappa shape index (κ2) is 4.24. The highest BCUT2D eigenvalue weighted by Crippen LogP contribution is 2.25. The van der Waals surface area contributed by atoms with Crippen molar-refractivity contribution in [2.45, 2.75) is 12.3 Å². The number of nitriles is 1. The zero-order valence-corrected chi connectivity index (χ0v) is 8.64. The van der Waals surface area contributed by atoms with Crippen molar-refractivity contribution in [3.05, 3.63) is 18.0 Å². The molecule has 0 amide bonds. The Labute approximate surface area is 88.8 Å². The Kier molecular flexibility index (Phi) is 2.79. The number of anilines is 1. The van der Waals surface area contributed by atoms with E-state index in [0.29, 0.717) is 11.9 Å². The van der Waals surface area contributed by atoms with Crippen LogP contribution in [0.3, 0.4) is 0 Å². The van der Waals surface area contributed by atoms with Crippen LogP contribution in [0.2, 0.25) is 0 Å². The third-order valence-corrected chi connectivity index (χ3v) is 2.70. The molecule has 15 heavy (non-hydrogen) atoms. The lowest BCUT2D eigenvalue weighted by atomic mass is 10.0. The van der Waals surface area contributed by atoms with Gasteiger partial charge in [0.05, 0.1) is 0 Å².